The van der Waals surface area contributed by atoms with E-state index >= 15 is 0 Å². The molecule has 0 amide bonds. The van der Waals surface area contributed by atoms with Gasteiger partial charge >= 0.3 is 0 Å². The third kappa shape index (κ3) is 2.52. The van der Waals surface area contributed by atoms with Gasteiger partial charge in [-0.3, -0.25) is 5.10 Å². The minimum atomic E-state index is -0.298. The quantitative estimate of drug-likeness (QED) is 0.518. The van der Waals surface area contributed by atoms with Crippen LogP contribution >= 0.6 is 0 Å². The SMILES string of the molecule is OC1CCN(c2ccc3nc(-c4n[nH]c5cc(F)ccc45)[nH]c3c2)CC1. The summed E-state index contributed by atoms with van der Waals surface area (Å²) in [6.07, 6.45) is 1.40. The molecular weight excluding hydrogens is 333 g/mol. The van der Waals surface area contributed by atoms with Crippen molar-refractivity contribution in [3.05, 3.63) is 42.2 Å². The van der Waals surface area contributed by atoms with Crippen LogP contribution in [0.1, 0.15) is 12.8 Å². The van der Waals surface area contributed by atoms with E-state index < -0.39 is 0 Å². The summed E-state index contributed by atoms with van der Waals surface area (Å²) >= 11 is 0. The number of H-pyrrole nitrogens is 2. The smallest absolute Gasteiger partial charge is 0.159 e. The second kappa shape index (κ2) is 5.81. The number of nitrogens with one attached hydrogen (secondary N) is 2. The summed E-state index contributed by atoms with van der Waals surface area (Å²) < 4.78 is 13.4. The lowest BCUT2D eigenvalue weighted by Crippen LogP contribution is -2.35. The fourth-order valence-electron chi connectivity index (χ4n) is 3.60. The summed E-state index contributed by atoms with van der Waals surface area (Å²) in [5.41, 5.74) is 4.24. The summed E-state index contributed by atoms with van der Waals surface area (Å²) in [5, 5.41) is 17.7. The Balaban J connectivity index is 1.53. The molecule has 1 fully saturated rings. The van der Waals surface area contributed by atoms with Crippen LogP contribution in [0.3, 0.4) is 0 Å². The number of imidazole rings is 1. The van der Waals surface area contributed by atoms with Crippen molar-refractivity contribution < 1.29 is 9.50 Å². The van der Waals surface area contributed by atoms with E-state index in [1.165, 1.54) is 12.1 Å². The molecule has 7 heteroatoms. The van der Waals surface area contributed by atoms with Gasteiger partial charge in [-0.1, -0.05) is 0 Å². The number of nitrogens with zero attached hydrogens (tertiary/aromatic N) is 3. The zero-order valence-electron chi connectivity index (χ0n) is 14.0. The molecule has 2 aromatic carbocycles. The van der Waals surface area contributed by atoms with Gasteiger partial charge in [-0.25, -0.2) is 9.37 Å². The number of aliphatic hydroxyl groups is 1. The minimum absolute atomic E-state index is 0.188. The summed E-state index contributed by atoms with van der Waals surface area (Å²) in [4.78, 5) is 10.2. The number of aromatic amines is 2. The monoisotopic (exact) mass is 351 g/mol. The number of aromatic nitrogens is 4. The number of benzene rings is 2. The summed E-state index contributed by atoms with van der Waals surface area (Å²) in [6.45, 7) is 1.70. The van der Waals surface area contributed by atoms with Crippen LogP contribution in [0, 0.1) is 5.82 Å². The van der Waals surface area contributed by atoms with E-state index in [9.17, 15) is 9.50 Å². The fraction of sp³-hybridized carbons (Fsp3) is 0.263. The fourth-order valence-corrected chi connectivity index (χ4v) is 3.60. The number of aliphatic hydroxyl groups excluding tert-OH is 1. The first-order valence-electron chi connectivity index (χ1n) is 8.74. The molecule has 0 aliphatic carbocycles. The van der Waals surface area contributed by atoms with Crippen LogP contribution in [-0.4, -0.2) is 44.5 Å². The summed E-state index contributed by atoms with van der Waals surface area (Å²) in [6, 6.07) is 10.7. The molecule has 3 heterocycles. The molecule has 3 N–H and O–H groups in total. The maximum absolute atomic E-state index is 13.4. The van der Waals surface area contributed by atoms with Crippen LogP contribution in [0.15, 0.2) is 36.4 Å². The first-order valence-corrected chi connectivity index (χ1v) is 8.74. The Kier molecular flexibility index (Phi) is 3.43. The average molecular weight is 351 g/mol. The van der Waals surface area contributed by atoms with E-state index in [-0.39, 0.29) is 11.9 Å². The van der Waals surface area contributed by atoms with Crippen molar-refractivity contribution in [3.8, 4) is 11.5 Å². The van der Waals surface area contributed by atoms with Gasteiger partial charge in [-0.05, 0) is 49.2 Å². The molecular formula is C19H18FN5O. The predicted octanol–water partition coefficient (Wildman–Crippen LogP) is 3.21. The molecule has 5 rings (SSSR count). The Labute approximate surface area is 148 Å². The number of rotatable bonds is 2. The molecule has 26 heavy (non-hydrogen) atoms. The number of piperidine rings is 1. The number of anilines is 1. The van der Waals surface area contributed by atoms with E-state index in [0.717, 1.165) is 48.0 Å². The maximum atomic E-state index is 13.4. The van der Waals surface area contributed by atoms with Crippen LogP contribution in [0.2, 0.25) is 0 Å². The van der Waals surface area contributed by atoms with Gasteiger partial charge in [0.1, 0.15) is 11.5 Å². The van der Waals surface area contributed by atoms with Crippen molar-refractivity contribution in [3.63, 3.8) is 0 Å². The van der Waals surface area contributed by atoms with E-state index in [0.29, 0.717) is 17.0 Å². The molecule has 0 bridgehead atoms. The average Bonchev–Trinajstić information content (AvgIpc) is 3.24. The molecule has 0 saturated carbocycles. The second-order valence-corrected chi connectivity index (χ2v) is 6.77. The van der Waals surface area contributed by atoms with Crippen LogP contribution in [0.25, 0.3) is 33.5 Å². The lowest BCUT2D eigenvalue weighted by Gasteiger charge is -2.31. The molecule has 132 valence electrons. The number of hydrogen-bond donors (Lipinski definition) is 3. The van der Waals surface area contributed by atoms with Gasteiger partial charge in [0.15, 0.2) is 5.82 Å². The molecule has 6 nitrogen and oxygen atoms in total. The molecule has 4 aromatic rings. The van der Waals surface area contributed by atoms with Crippen molar-refractivity contribution >= 4 is 27.6 Å². The van der Waals surface area contributed by atoms with Crippen molar-refractivity contribution in [1.29, 1.82) is 0 Å². The van der Waals surface area contributed by atoms with Crippen molar-refractivity contribution in [1.82, 2.24) is 20.2 Å². The van der Waals surface area contributed by atoms with E-state index in [2.05, 4.69) is 37.2 Å². The zero-order valence-corrected chi connectivity index (χ0v) is 14.0. The third-order valence-corrected chi connectivity index (χ3v) is 5.04. The Morgan fingerprint density at radius 3 is 2.77 bits per heavy atom. The first-order chi connectivity index (χ1) is 12.7. The third-order valence-electron chi connectivity index (χ3n) is 5.04. The van der Waals surface area contributed by atoms with E-state index in [1.807, 2.05) is 6.07 Å². The summed E-state index contributed by atoms with van der Waals surface area (Å²) in [5.74, 6) is 0.359. The second-order valence-electron chi connectivity index (χ2n) is 6.77. The van der Waals surface area contributed by atoms with Crippen molar-refractivity contribution in [2.24, 2.45) is 0 Å². The Morgan fingerprint density at radius 2 is 1.92 bits per heavy atom. The van der Waals surface area contributed by atoms with Gasteiger partial charge < -0.3 is 15.0 Å². The molecule has 0 unspecified atom stereocenters. The van der Waals surface area contributed by atoms with Gasteiger partial charge in [-0.15, -0.1) is 0 Å². The van der Waals surface area contributed by atoms with E-state index in [1.54, 1.807) is 6.07 Å². The van der Waals surface area contributed by atoms with Crippen LogP contribution < -0.4 is 4.90 Å². The van der Waals surface area contributed by atoms with Gasteiger partial charge in [0.2, 0.25) is 0 Å². The molecule has 2 aromatic heterocycles. The first kappa shape index (κ1) is 15.3. The number of hydrogen-bond acceptors (Lipinski definition) is 4. The van der Waals surface area contributed by atoms with Gasteiger partial charge in [0.05, 0.1) is 22.7 Å². The lowest BCUT2D eigenvalue weighted by molar-refractivity contribution is 0.145. The highest BCUT2D eigenvalue weighted by atomic mass is 19.1. The van der Waals surface area contributed by atoms with Crippen molar-refractivity contribution in [2.75, 3.05) is 18.0 Å². The Hall–Kier alpha value is -2.93. The highest BCUT2D eigenvalue weighted by Gasteiger charge is 2.18. The highest BCUT2D eigenvalue weighted by Crippen LogP contribution is 2.29. The Bertz CT molecular complexity index is 1090. The summed E-state index contributed by atoms with van der Waals surface area (Å²) in [7, 11) is 0. The standard InChI is InChI=1S/C19H18FN5O/c20-11-1-3-14-16(9-11)23-24-18(14)19-21-15-4-2-12(10-17(15)22-19)25-7-5-13(26)6-8-25/h1-4,9-10,13,26H,5-8H2,(H,21,22)(H,23,24). The molecule has 0 spiro atoms. The lowest BCUT2D eigenvalue weighted by atomic mass is 10.1. The van der Waals surface area contributed by atoms with Crippen LogP contribution in [0.4, 0.5) is 10.1 Å². The zero-order chi connectivity index (χ0) is 17.7. The molecule has 1 aliphatic rings. The van der Waals surface area contributed by atoms with Crippen molar-refractivity contribution in [2.45, 2.75) is 18.9 Å². The largest absolute Gasteiger partial charge is 0.393 e. The van der Waals surface area contributed by atoms with Crippen LogP contribution in [-0.2, 0) is 0 Å². The Morgan fingerprint density at radius 1 is 1.08 bits per heavy atom. The molecule has 0 atom stereocenters. The van der Waals surface area contributed by atoms with Gasteiger partial charge in [-0.2, -0.15) is 5.10 Å². The molecule has 0 radical (unpaired) electrons. The minimum Gasteiger partial charge on any atom is -0.393 e. The maximum Gasteiger partial charge on any atom is 0.159 e. The van der Waals surface area contributed by atoms with E-state index in [4.69, 9.17) is 0 Å². The predicted molar refractivity (Wildman–Crippen MR) is 98.6 cm³/mol. The normalized spacial score (nSPS) is 16.0. The van der Waals surface area contributed by atoms with Gasteiger partial charge in [0.25, 0.3) is 0 Å². The highest BCUT2D eigenvalue weighted by molar-refractivity contribution is 5.93. The number of halogens is 1. The molecule has 1 aliphatic heterocycles. The topological polar surface area (TPSA) is 80.8 Å². The molecule has 1 saturated heterocycles. The van der Waals surface area contributed by atoms with Crippen LogP contribution in [0.5, 0.6) is 0 Å². The number of fused-ring (bicyclic) bond motifs is 2. The van der Waals surface area contributed by atoms with Gasteiger partial charge in [0, 0.05) is 24.2 Å².